The molecule has 2 nitrogen and oxygen atoms in total. The molecule has 0 radical (unpaired) electrons. The first-order chi connectivity index (χ1) is 6.31. The van der Waals surface area contributed by atoms with E-state index in [4.69, 9.17) is 4.74 Å². The minimum Gasteiger partial charge on any atom is -0.497 e. The van der Waals surface area contributed by atoms with E-state index in [0.717, 1.165) is 12.3 Å². The molecule has 1 atom stereocenters. The summed E-state index contributed by atoms with van der Waals surface area (Å²) in [5.74, 6) is 1.60. The van der Waals surface area contributed by atoms with Crippen molar-refractivity contribution in [2.75, 3.05) is 19.0 Å². The molecule has 0 saturated carbocycles. The lowest BCUT2D eigenvalue weighted by Gasteiger charge is -2.24. The monoisotopic (exact) mass is 177 g/mol. The van der Waals surface area contributed by atoms with Gasteiger partial charge in [0.25, 0.3) is 0 Å². The fraction of sp³-hybridized carbons (Fsp3) is 0.455. The normalized spacial score (nSPS) is 20.3. The molecular weight excluding hydrogens is 162 g/mol. The van der Waals surface area contributed by atoms with Gasteiger partial charge in [-0.05, 0) is 36.1 Å². The molecule has 1 aromatic carbocycles. The molecule has 0 saturated heterocycles. The van der Waals surface area contributed by atoms with Crippen molar-refractivity contribution in [2.24, 2.45) is 0 Å². The second-order valence-electron chi connectivity index (χ2n) is 3.57. The van der Waals surface area contributed by atoms with Crippen LogP contribution in [0.2, 0.25) is 0 Å². The van der Waals surface area contributed by atoms with Crippen LogP contribution in [0.15, 0.2) is 18.2 Å². The molecule has 2 rings (SSSR count). The first-order valence-electron chi connectivity index (χ1n) is 4.73. The number of nitrogens with one attached hydrogen (secondary N) is 1. The number of hydrogen-bond acceptors (Lipinski definition) is 2. The van der Waals surface area contributed by atoms with Crippen molar-refractivity contribution in [3.63, 3.8) is 0 Å². The van der Waals surface area contributed by atoms with Crippen LogP contribution in [0.1, 0.15) is 24.8 Å². The van der Waals surface area contributed by atoms with Crippen LogP contribution in [0.3, 0.4) is 0 Å². The maximum atomic E-state index is 5.20. The minimum atomic E-state index is 0.645. The molecule has 13 heavy (non-hydrogen) atoms. The maximum Gasteiger partial charge on any atom is 0.119 e. The van der Waals surface area contributed by atoms with Crippen molar-refractivity contribution in [3.8, 4) is 5.75 Å². The van der Waals surface area contributed by atoms with Crippen LogP contribution in [0, 0.1) is 0 Å². The van der Waals surface area contributed by atoms with Gasteiger partial charge in [0.1, 0.15) is 5.75 Å². The molecule has 70 valence electrons. The SMILES string of the molecule is COc1ccc2c(c1)[C@H](C)CCN2. The third-order valence-electron chi connectivity index (χ3n) is 2.68. The summed E-state index contributed by atoms with van der Waals surface area (Å²) in [6.07, 6.45) is 1.21. The highest BCUT2D eigenvalue weighted by Gasteiger charge is 2.15. The highest BCUT2D eigenvalue weighted by atomic mass is 16.5. The summed E-state index contributed by atoms with van der Waals surface area (Å²) in [4.78, 5) is 0. The van der Waals surface area contributed by atoms with E-state index in [1.165, 1.54) is 17.7 Å². The fourth-order valence-electron chi connectivity index (χ4n) is 1.82. The third-order valence-corrected chi connectivity index (χ3v) is 2.68. The van der Waals surface area contributed by atoms with E-state index < -0.39 is 0 Å². The van der Waals surface area contributed by atoms with Crippen molar-refractivity contribution < 1.29 is 4.74 Å². The summed E-state index contributed by atoms with van der Waals surface area (Å²) in [7, 11) is 1.71. The summed E-state index contributed by atoms with van der Waals surface area (Å²) >= 11 is 0. The molecule has 0 fully saturated rings. The molecule has 1 aromatic rings. The summed E-state index contributed by atoms with van der Waals surface area (Å²) in [6.45, 7) is 3.35. The van der Waals surface area contributed by atoms with Crippen molar-refractivity contribution in [1.82, 2.24) is 0 Å². The Hall–Kier alpha value is -1.18. The van der Waals surface area contributed by atoms with E-state index in [1.807, 2.05) is 6.07 Å². The van der Waals surface area contributed by atoms with Crippen LogP contribution in [0.5, 0.6) is 5.75 Å². The third kappa shape index (κ3) is 1.48. The predicted molar refractivity (Wildman–Crippen MR) is 54.5 cm³/mol. The maximum absolute atomic E-state index is 5.20. The minimum absolute atomic E-state index is 0.645. The van der Waals surface area contributed by atoms with Crippen molar-refractivity contribution in [2.45, 2.75) is 19.3 Å². The van der Waals surface area contributed by atoms with Crippen LogP contribution >= 0.6 is 0 Å². The molecule has 1 N–H and O–H groups in total. The Morgan fingerprint density at radius 1 is 1.46 bits per heavy atom. The van der Waals surface area contributed by atoms with Crippen LogP contribution in [-0.2, 0) is 0 Å². The van der Waals surface area contributed by atoms with Gasteiger partial charge >= 0.3 is 0 Å². The second-order valence-corrected chi connectivity index (χ2v) is 3.57. The summed E-state index contributed by atoms with van der Waals surface area (Å²) in [6, 6.07) is 6.24. The molecule has 0 aliphatic carbocycles. The fourth-order valence-corrected chi connectivity index (χ4v) is 1.82. The Balaban J connectivity index is 2.41. The van der Waals surface area contributed by atoms with Crippen molar-refractivity contribution in [1.29, 1.82) is 0 Å². The zero-order chi connectivity index (χ0) is 9.26. The highest BCUT2D eigenvalue weighted by Crippen LogP contribution is 2.33. The van der Waals surface area contributed by atoms with E-state index in [0.29, 0.717) is 5.92 Å². The molecule has 0 amide bonds. The largest absolute Gasteiger partial charge is 0.497 e. The smallest absolute Gasteiger partial charge is 0.119 e. The zero-order valence-electron chi connectivity index (χ0n) is 8.13. The molecule has 1 heterocycles. The average Bonchev–Trinajstić information content (AvgIpc) is 2.18. The molecule has 2 heteroatoms. The van der Waals surface area contributed by atoms with Crippen LogP contribution in [0.25, 0.3) is 0 Å². The number of ether oxygens (including phenoxy) is 1. The molecule has 0 unspecified atom stereocenters. The lowest BCUT2D eigenvalue weighted by molar-refractivity contribution is 0.413. The average molecular weight is 177 g/mol. The summed E-state index contributed by atoms with van der Waals surface area (Å²) in [5, 5.41) is 3.39. The van der Waals surface area contributed by atoms with Crippen molar-refractivity contribution >= 4 is 5.69 Å². The van der Waals surface area contributed by atoms with Gasteiger partial charge in [0.05, 0.1) is 7.11 Å². The standard InChI is InChI=1S/C11H15NO/c1-8-5-6-12-11-4-3-9(13-2)7-10(8)11/h3-4,7-8,12H,5-6H2,1-2H3/t8-/m1/s1. The van der Waals surface area contributed by atoms with Gasteiger partial charge in [0.2, 0.25) is 0 Å². The zero-order valence-corrected chi connectivity index (χ0v) is 8.13. The van der Waals surface area contributed by atoms with Crippen LogP contribution in [-0.4, -0.2) is 13.7 Å². The number of benzene rings is 1. The Kier molecular flexibility index (Phi) is 2.13. The predicted octanol–water partition coefficient (Wildman–Crippen LogP) is 2.61. The Bertz CT molecular complexity index is 309. The number of methoxy groups -OCH3 is 1. The number of fused-ring (bicyclic) bond motifs is 1. The van der Waals surface area contributed by atoms with Crippen LogP contribution < -0.4 is 10.1 Å². The number of anilines is 1. The van der Waals surface area contributed by atoms with Gasteiger partial charge in [0, 0.05) is 12.2 Å². The Morgan fingerprint density at radius 2 is 2.31 bits per heavy atom. The van der Waals surface area contributed by atoms with E-state index in [9.17, 15) is 0 Å². The second kappa shape index (κ2) is 3.29. The molecule has 0 aromatic heterocycles. The Labute approximate surface area is 78.9 Å². The lowest BCUT2D eigenvalue weighted by atomic mass is 9.93. The van der Waals surface area contributed by atoms with Gasteiger partial charge in [-0.3, -0.25) is 0 Å². The van der Waals surface area contributed by atoms with Gasteiger partial charge in [-0.15, -0.1) is 0 Å². The number of hydrogen-bond donors (Lipinski definition) is 1. The van der Waals surface area contributed by atoms with Gasteiger partial charge in [-0.25, -0.2) is 0 Å². The van der Waals surface area contributed by atoms with E-state index in [1.54, 1.807) is 7.11 Å². The van der Waals surface area contributed by atoms with Gasteiger partial charge < -0.3 is 10.1 Å². The van der Waals surface area contributed by atoms with Crippen molar-refractivity contribution in [3.05, 3.63) is 23.8 Å². The Morgan fingerprint density at radius 3 is 3.08 bits per heavy atom. The lowest BCUT2D eigenvalue weighted by Crippen LogP contribution is -2.14. The highest BCUT2D eigenvalue weighted by molar-refractivity contribution is 5.57. The molecule has 1 aliphatic rings. The van der Waals surface area contributed by atoms with Gasteiger partial charge in [-0.2, -0.15) is 0 Å². The molecule has 1 aliphatic heterocycles. The summed E-state index contributed by atoms with van der Waals surface area (Å²) in [5.41, 5.74) is 2.64. The van der Waals surface area contributed by atoms with Crippen LogP contribution in [0.4, 0.5) is 5.69 Å². The van der Waals surface area contributed by atoms with E-state index >= 15 is 0 Å². The van der Waals surface area contributed by atoms with E-state index in [2.05, 4.69) is 24.4 Å². The quantitative estimate of drug-likeness (QED) is 0.712. The number of rotatable bonds is 1. The summed E-state index contributed by atoms with van der Waals surface area (Å²) < 4.78 is 5.20. The molecule has 0 bridgehead atoms. The molecular formula is C11H15NO. The first-order valence-corrected chi connectivity index (χ1v) is 4.73. The van der Waals surface area contributed by atoms with Gasteiger partial charge in [-0.1, -0.05) is 6.92 Å². The topological polar surface area (TPSA) is 21.3 Å². The molecule has 0 spiro atoms. The van der Waals surface area contributed by atoms with E-state index in [-0.39, 0.29) is 0 Å². The van der Waals surface area contributed by atoms with Gasteiger partial charge in [0.15, 0.2) is 0 Å². The first kappa shape index (κ1) is 8.42.